The number of hydrogen-bond acceptors (Lipinski definition) is 1. The van der Waals surface area contributed by atoms with Crippen LogP contribution in [0.3, 0.4) is 0 Å². The first-order valence-electron chi connectivity index (χ1n) is 5.13. The van der Waals surface area contributed by atoms with Crippen LogP contribution in [0.5, 0.6) is 0 Å². The average Bonchev–Trinajstić information content (AvgIpc) is 2.02. The molecule has 70 valence electrons. The second kappa shape index (κ2) is 3.51. The summed E-state index contributed by atoms with van der Waals surface area (Å²) in [6.45, 7) is 2.03. The SMILES string of the molecule is C[C@@H](N)c1ccc(C2CCC2)cc1. The molecule has 0 saturated heterocycles. The molecule has 2 N–H and O–H groups in total. The lowest BCUT2D eigenvalue weighted by atomic mass is 9.80. The van der Waals surface area contributed by atoms with Crippen molar-refractivity contribution in [2.45, 2.75) is 38.1 Å². The summed E-state index contributed by atoms with van der Waals surface area (Å²) in [7, 11) is 0. The Morgan fingerprint density at radius 3 is 2.23 bits per heavy atom. The van der Waals surface area contributed by atoms with Crippen molar-refractivity contribution in [3.8, 4) is 0 Å². The molecule has 1 aromatic rings. The van der Waals surface area contributed by atoms with Crippen molar-refractivity contribution < 1.29 is 0 Å². The van der Waals surface area contributed by atoms with Crippen LogP contribution >= 0.6 is 0 Å². The minimum atomic E-state index is 0.162. The van der Waals surface area contributed by atoms with E-state index in [1.54, 1.807) is 0 Å². The van der Waals surface area contributed by atoms with Gasteiger partial charge in [-0.1, -0.05) is 30.7 Å². The molecule has 0 spiro atoms. The van der Waals surface area contributed by atoms with Crippen molar-refractivity contribution in [1.82, 2.24) is 0 Å². The van der Waals surface area contributed by atoms with Crippen LogP contribution in [0.25, 0.3) is 0 Å². The molecule has 2 rings (SSSR count). The third kappa shape index (κ3) is 1.75. The normalized spacial score (nSPS) is 19.5. The Labute approximate surface area is 80.0 Å². The quantitative estimate of drug-likeness (QED) is 0.734. The predicted molar refractivity (Wildman–Crippen MR) is 55.6 cm³/mol. The lowest BCUT2D eigenvalue weighted by Gasteiger charge is -2.26. The van der Waals surface area contributed by atoms with Gasteiger partial charge in [-0.15, -0.1) is 0 Å². The zero-order valence-electron chi connectivity index (χ0n) is 8.16. The zero-order valence-corrected chi connectivity index (χ0v) is 8.16. The maximum absolute atomic E-state index is 5.79. The van der Waals surface area contributed by atoms with Crippen molar-refractivity contribution in [1.29, 1.82) is 0 Å². The Hall–Kier alpha value is -0.820. The lowest BCUT2D eigenvalue weighted by molar-refractivity contribution is 0.419. The molecular formula is C12H17N. The number of rotatable bonds is 2. The molecule has 0 bridgehead atoms. The van der Waals surface area contributed by atoms with E-state index in [1.165, 1.54) is 30.4 Å². The molecule has 0 aliphatic heterocycles. The van der Waals surface area contributed by atoms with E-state index in [2.05, 4.69) is 24.3 Å². The van der Waals surface area contributed by atoms with E-state index in [-0.39, 0.29) is 6.04 Å². The predicted octanol–water partition coefficient (Wildman–Crippen LogP) is 2.97. The van der Waals surface area contributed by atoms with Gasteiger partial charge in [-0.2, -0.15) is 0 Å². The Balaban J connectivity index is 2.13. The molecule has 1 fully saturated rings. The van der Waals surface area contributed by atoms with Crippen LogP contribution in [0.15, 0.2) is 24.3 Å². The van der Waals surface area contributed by atoms with Crippen LogP contribution in [-0.2, 0) is 0 Å². The molecule has 0 amide bonds. The summed E-state index contributed by atoms with van der Waals surface area (Å²) < 4.78 is 0. The molecule has 1 atom stereocenters. The van der Waals surface area contributed by atoms with Gasteiger partial charge in [0.05, 0.1) is 0 Å². The van der Waals surface area contributed by atoms with Crippen LogP contribution < -0.4 is 5.73 Å². The van der Waals surface area contributed by atoms with Crippen LogP contribution in [0.2, 0.25) is 0 Å². The van der Waals surface area contributed by atoms with E-state index < -0.39 is 0 Å². The Kier molecular flexibility index (Phi) is 2.36. The van der Waals surface area contributed by atoms with Crippen LogP contribution in [-0.4, -0.2) is 0 Å². The molecule has 0 unspecified atom stereocenters. The summed E-state index contributed by atoms with van der Waals surface area (Å²) in [4.78, 5) is 0. The molecule has 1 aromatic carbocycles. The highest BCUT2D eigenvalue weighted by Crippen LogP contribution is 2.36. The molecule has 0 radical (unpaired) electrons. The maximum atomic E-state index is 5.79. The molecule has 13 heavy (non-hydrogen) atoms. The van der Waals surface area contributed by atoms with Gasteiger partial charge in [0, 0.05) is 6.04 Å². The van der Waals surface area contributed by atoms with Gasteiger partial charge < -0.3 is 5.73 Å². The Morgan fingerprint density at radius 1 is 1.23 bits per heavy atom. The minimum absolute atomic E-state index is 0.162. The highest BCUT2D eigenvalue weighted by Gasteiger charge is 2.18. The molecule has 0 aromatic heterocycles. The van der Waals surface area contributed by atoms with Crippen molar-refractivity contribution in [2.75, 3.05) is 0 Å². The summed E-state index contributed by atoms with van der Waals surface area (Å²) in [6, 6.07) is 8.97. The van der Waals surface area contributed by atoms with Crippen LogP contribution in [0.4, 0.5) is 0 Å². The molecule has 1 nitrogen and oxygen atoms in total. The molecule has 1 heteroatoms. The third-order valence-electron chi connectivity index (χ3n) is 3.04. The fourth-order valence-electron chi connectivity index (χ4n) is 1.81. The smallest absolute Gasteiger partial charge is 0.0266 e. The van der Waals surface area contributed by atoms with Gasteiger partial charge in [0.15, 0.2) is 0 Å². The van der Waals surface area contributed by atoms with E-state index >= 15 is 0 Å². The highest BCUT2D eigenvalue weighted by atomic mass is 14.6. The van der Waals surface area contributed by atoms with Gasteiger partial charge in [-0.3, -0.25) is 0 Å². The standard InChI is InChI=1S/C12H17N/c1-9(13)10-5-7-12(8-6-10)11-3-2-4-11/h5-9,11H,2-4,13H2,1H3/t9-/m1/s1. The topological polar surface area (TPSA) is 26.0 Å². The second-order valence-electron chi connectivity index (χ2n) is 4.08. The van der Waals surface area contributed by atoms with Crippen molar-refractivity contribution in [2.24, 2.45) is 5.73 Å². The number of benzene rings is 1. The van der Waals surface area contributed by atoms with Gasteiger partial charge in [0.25, 0.3) is 0 Å². The fraction of sp³-hybridized carbons (Fsp3) is 0.500. The van der Waals surface area contributed by atoms with Crippen molar-refractivity contribution in [3.05, 3.63) is 35.4 Å². The van der Waals surface area contributed by atoms with Crippen LogP contribution in [0, 0.1) is 0 Å². The number of hydrogen-bond donors (Lipinski definition) is 1. The van der Waals surface area contributed by atoms with Gasteiger partial charge in [0.1, 0.15) is 0 Å². The molecule has 1 saturated carbocycles. The van der Waals surface area contributed by atoms with E-state index in [4.69, 9.17) is 5.73 Å². The summed E-state index contributed by atoms with van der Waals surface area (Å²) >= 11 is 0. The van der Waals surface area contributed by atoms with E-state index in [9.17, 15) is 0 Å². The largest absolute Gasteiger partial charge is 0.324 e. The number of nitrogens with two attached hydrogens (primary N) is 1. The monoisotopic (exact) mass is 175 g/mol. The van der Waals surface area contributed by atoms with E-state index in [0.29, 0.717) is 0 Å². The Morgan fingerprint density at radius 2 is 1.85 bits per heavy atom. The summed E-state index contributed by atoms with van der Waals surface area (Å²) in [6.07, 6.45) is 4.15. The first-order valence-corrected chi connectivity index (χ1v) is 5.13. The van der Waals surface area contributed by atoms with E-state index in [0.717, 1.165) is 5.92 Å². The van der Waals surface area contributed by atoms with Gasteiger partial charge in [0.2, 0.25) is 0 Å². The van der Waals surface area contributed by atoms with E-state index in [1.807, 2.05) is 6.92 Å². The fourth-order valence-corrected chi connectivity index (χ4v) is 1.81. The molecule has 1 aliphatic rings. The first-order chi connectivity index (χ1) is 6.27. The maximum Gasteiger partial charge on any atom is 0.0266 e. The molecular weight excluding hydrogens is 158 g/mol. The zero-order chi connectivity index (χ0) is 9.26. The molecule has 1 aliphatic carbocycles. The van der Waals surface area contributed by atoms with Crippen molar-refractivity contribution in [3.63, 3.8) is 0 Å². The van der Waals surface area contributed by atoms with Gasteiger partial charge >= 0.3 is 0 Å². The van der Waals surface area contributed by atoms with Gasteiger partial charge in [-0.05, 0) is 36.8 Å². The summed E-state index contributed by atoms with van der Waals surface area (Å²) in [5.74, 6) is 0.835. The third-order valence-corrected chi connectivity index (χ3v) is 3.04. The van der Waals surface area contributed by atoms with Crippen molar-refractivity contribution >= 4 is 0 Å². The molecule has 0 heterocycles. The summed E-state index contributed by atoms with van der Waals surface area (Å²) in [5.41, 5.74) is 8.52. The van der Waals surface area contributed by atoms with Crippen LogP contribution in [0.1, 0.15) is 49.3 Å². The summed E-state index contributed by atoms with van der Waals surface area (Å²) in [5, 5.41) is 0. The minimum Gasteiger partial charge on any atom is -0.324 e. The highest BCUT2D eigenvalue weighted by molar-refractivity contribution is 5.27. The Bertz CT molecular complexity index is 270. The first kappa shape index (κ1) is 8.76. The van der Waals surface area contributed by atoms with Gasteiger partial charge in [-0.25, -0.2) is 0 Å². The lowest BCUT2D eigenvalue weighted by Crippen LogP contribution is -2.09. The second-order valence-corrected chi connectivity index (χ2v) is 4.08. The average molecular weight is 175 g/mol.